The normalized spacial score (nSPS) is 8.78. The fraction of sp³-hybridized carbons (Fsp3) is 0.500. The fourth-order valence-corrected chi connectivity index (χ4v) is 0.598. The number of hydrogen-bond acceptors (Lipinski definition) is 5. The third-order valence-electron chi connectivity index (χ3n) is 0.261. The second-order valence-corrected chi connectivity index (χ2v) is 2.52. The van der Waals surface area contributed by atoms with Crippen LogP contribution in [0.1, 0.15) is 0 Å². The number of halogens is 1. The van der Waals surface area contributed by atoms with E-state index in [9.17, 15) is 16.8 Å². The van der Waals surface area contributed by atoms with Gasteiger partial charge in [-0.05, 0) is 3.07 Å². The summed E-state index contributed by atoms with van der Waals surface area (Å²) in [5.74, 6) is -1.53. The van der Waals surface area contributed by atoms with Gasteiger partial charge in [-0.1, -0.05) is 0 Å². The van der Waals surface area contributed by atoms with Gasteiger partial charge in [0.15, 0.2) is 6.61 Å². The third-order valence-corrected chi connectivity index (χ3v) is 1.08. The zero-order valence-electron chi connectivity index (χ0n) is 4.63. The van der Waals surface area contributed by atoms with Gasteiger partial charge in [0.25, 0.3) is 0 Å². The molecule has 9 heavy (non-hydrogen) atoms. The average molecular weight is 272 g/mol. The molecule has 0 aliphatic heterocycles. The van der Waals surface area contributed by atoms with E-state index in [0.29, 0.717) is 0 Å². The van der Waals surface area contributed by atoms with Gasteiger partial charge >= 0.3 is 72.4 Å². The summed E-state index contributed by atoms with van der Waals surface area (Å²) in [6.45, 7) is -0.863. The molecule has 0 saturated carbocycles. The quantitative estimate of drug-likeness (QED) is 0.375. The molecule has 0 aliphatic carbocycles. The molecular formula is C2H2IKO5. The Labute approximate surface area is 103 Å². The monoisotopic (exact) mass is 272 g/mol. The first kappa shape index (κ1) is 13.3. The fourth-order valence-electron chi connectivity index (χ4n) is 0.0891. The van der Waals surface area contributed by atoms with Crippen molar-refractivity contribution in [3.8, 4) is 0 Å². The molecule has 0 spiro atoms. The minimum absolute atomic E-state index is 0. The van der Waals surface area contributed by atoms with Gasteiger partial charge in [-0.15, -0.1) is 0 Å². The van der Waals surface area contributed by atoms with Gasteiger partial charge in [0.05, 0.1) is 5.97 Å². The van der Waals surface area contributed by atoms with Gasteiger partial charge < -0.3 is 16.8 Å². The first-order chi connectivity index (χ1) is 3.63. The van der Waals surface area contributed by atoms with E-state index in [-0.39, 0.29) is 51.4 Å². The van der Waals surface area contributed by atoms with Crippen LogP contribution >= 0.6 is 0 Å². The molecule has 48 valence electrons. The Hall–Kier alpha value is 1.72. The van der Waals surface area contributed by atoms with Crippen molar-refractivity contribution in [3.63, 3.8) is 0 Å². The van der Waals surface area contributed by atoms with Crippen molar-refractivity contribution in [1.82, 2.24) is 0 Å². The Bertz CT molecular complexity index is 85.0. The molecule has 0 aromatic heterocycles. The van der Waals surface area contributed by atoms with Crippen LogP contribution in [0.25, 0.3) is 0 Å². The number of hydrogen-bond donors (Lipinski definition) is 0. The van der Waals surface area contributed by atoms with E-state index >= 15 is 0 Å². The Morgan fingerprint density at radius 3 is 2.11 bits per heavy atom. The Morgan fingerprint density at radius 2 is 2.00 bits per heavy atom. The Morgan fingerprint density at radius 1 is 1.56 bits per heavy atom. The molecule has 0 rings (SSSR count). The van der Waals surface area contributed by atoms with Crippen molar-refractivity contribution >= 4 is 5.97 Å². The maximum absolute atomic E-state index is 9.52. The van der Waals surface area contributed by atoms with Crippen LogP contribution in [0.15, 0.2) is 0 Å². The van der Waals surface area contributed by atoms with Gasteiger partial charge in [0.1, 0.15) is 0 Å². The van der Waals surface area contributed by atoms with Crippen LogP contribution in [0.2, 0.25) is 0 Å². The molecule has 0 fully saturated rings. The molecule has 0 aromatic carbocycles. The van der Waals surface area contributed by atoms with Crippen LogP contribution in [0.4, 0.5) is 0 Å². The number of carboxylic acids is 1. The molecule has 7 heteroatoms. The number of carbonyl (C=O) groups is 1. The van der Waals surface area contributed by atoms with E-state index in [4.69, 9.17) is 0 Å². The first-order valence-corrected chi connectivity index (χ1v) is 4.16. The zero-order chi connectivity index (χ0) is 6.57. The van der Waals surface area contributed by atoms with E-state index < -0.39 is 33.6 Å². The summed E-state index contributed by atoms with van der Waals surface area (Å²) in [4.78, 5) is 9.41. The molecule has 0 saturated heterocycles. The predicted molar refractivity (Wildman–Crippen MR) is 11.0 cm³/mol. The van der Waals surface area contributed by atoms with Crippen molar-refractivity contribution in [1.29, 1.82) is 0 Å². The second kappa shape index (κ2) is 7.82. The van der Waals surface area contributed by atoms with E-state index in [0.717, 1.165) is 0 Å². The van der Waals surface area contributed by atoms with Crippen molar-refractivity contribution in [3.05, 3.63) is 0 Å². The van der Waals surface area contributed by atoms with Gasteiger partial charge in [-0.3, -0.25) is 0 Å². The zero-order valence-corrected chi connectivity index (χ0v) is 9.91. The van der Waals surface area contributed by atoms with Crippen LogP contribution in [0, 0.1) is 0 Å². The molecule has 0 N–H and O–H groups in total. The Kier molecular flexibility index (Phi) is 11.6. The number of rotatable bonds is 3. The van der Waals surface area contributed by atoms with Crippen molar-refractivity contribution in [2.75, 3.05) is 6.61 Å². The molecule has 0 atom stereocenters. The molecule has 0 amide bonds. The smallest absolute Gasteiger partial charge is 0.547 e. The summed E-state index contributed by atoms with van der Waals surface area (Å²) in [7, 11) is 0. The summed E-state index contributed by atoms with van der Waals surface area (Å²) in [5, 5.41) is 9.41. The largest absolute Gasteiger partial charge is 1.00 e. The van der Waals surface area contributed by atoms with E-state index in [1.165, 1.54) is 0 Å². The van der Waals surface area contributed by atoms with Gasteiger partial charge in [0, 0.05) is 0 Å². The summed E-state index contributed by atoms with van der Waals surface area (Å²) in [6, 6.07) is 0. The van der Waals surface area contributed by atoms with Crippen LogP contribution in [0.3, 0.4) is 0 Å². The molecule has 0 aliphatic rings. The van der Waals surface area contributed by atoms with Crippen LogP contribution < -0.4 is 84.4 Å². The average Bonchev–Trinajstić information content (AvgIpc) is 1.61. The van der Waals surface area contributed by atoms with Crippen molar-refractivity contribution < 1.29 is 92.3 Å². The summed E-state index contributed by atoms with van der Waals surface area (Å²) in [6.07, 6.45) is 0. The van der Waals surface area contributed by atoms with Gasteiger partial charge in [-0.2, -0.15) is 0 Å². The minimum atomic E-state index is -3.79. The van der Waals surface area contributed by atoms with Crippen molar-refractivity contribution in [2.24, 2.45) is 0 Å². The molecule has 0 radical (unpaired) electrons. The van der Waals surface area contributed by atoms with Crippen LogP contribution in [-0.2, 0) is 7.86 Å². The topological polar surface area (TPSA) is 95.5 Å². The molecule has 0 aromatic rings. The Balaban J connectivity index is 0. The minimum Gasteiger partial charge on any atom is -0.547 e. The van der Waals surface area contributed by atoms with Gasteiger partial charge in [0.2, 0.25) is 0 Å². The number of aliphatic carboxylic acids is 1. The van der Waals surface area contributed by atoms with E-state index in [1.54, 1.807) is 0 Å². The number of carboxylic acid groups (broad SMARTS) is 1. The second-order valence-electron chi connectivity index (χ2n) is 0.814. The first-order valence-electron chi connectivity index (χ1n) is 1.51. The standard InChI is InChI=1S/C2H3IO5.K/c4-2(5)1-8-3(6)7;/h1H2,(H,4,5);/q;+1/p-1. The summed E-state index contributed by atoms with van der Waals surface area (Å²) < 4.78 is 22.7. The molecule has 0 heterocycles. The summed E-state index contributed by atoms with van der Waals surface area (Å²) >= 11 is -3.79. The maximum atomic E-state index is 9.52. The van der Waals surface area contributed by atoms with E-state index in [2.05, 4.69) is 3.07 Å². The molecular weight excluding hydrogens is 270 g/mol. The van der Waals surface area contributed by atoms with Crippen molar-refractivity contribution in [2.45, 2.75) is 0 Å². The summed E-state index contributed by atoms with van der Waals surface area (Å²) in [5.41, 5.74) is 0. The van der Waals surface area contributed by atoms with Crippen LogP contribution in [-0.4, -0.2) is 12.6 Å². The predicted octanol–water partition coefficient (Wildman–Crippen LogP) is -10.2. The molecule has 5 nitrogen and oxygen atoms in total. The van der Waals surface area contributed by atoms with Crippen LogP contribution in [0.5, 0.6) is 0 Å². The third kappa shape index (κ3) is 12.8. The SMILES string of the molecule is O=C([O-])CO[I+2]([O-])[O-].[K+]. The number of carbonyl (C=O) groups excluding carboxylic acids is 1. The van der Waals surface area contributed by atoms with E-state index in [1.807, 2.05) is 0 Å². The molecule has 0 bridgehead atoms. The maximum Gasteiger partial charge on any atom is 1.00 e. The van der Waals surface area contributed by atoms with Gasteiger partial charge in [-0.25, -0.2) is 0 Å². The molecule has 0 unspecified atom stereocenters.